The van der Waals surface area contributed by atoms with Crippen molar-refractivity contribution in [1.29, 1.82) is 0 Å². The van der Waals surface area contributed by atoms with Crippen LogP contribution in [0.1, 0.15) is 18.7 Å². The molecule has 2 aromatic rings. The monoisotopic (exact) mass is 277 g/mol. The number of β-amino-alcohol motifs (C(OH)–C–C–N with tert-alkyl or cyclic N) is 1. The molecule has 1 atom stereocenters. The van der Waals surface area contributed by atoms with E-state index in [0.717, 1.165) is 19.4 Å². The van der Waals surface area contributed by atoms with Gasteiger partial charge >= 0.3 is 0 Å². The molecule has 6 heteroatoms. The number of halogens is 1. The van der Waals surface area contributed by atoms with E-state index < -0.39 is 0 Å². The van der Waals surface area contributed by atoms with Crippen LogP contribution in [-0.2, 0) is 6.54 Å². The fraction of sp³-hybridized carbons (Fsp3) is 0.429. The molecule has 0 amide bonds. The summed E-state index contributed by atoms with van der Waals surface area (Å²) >= 11 is 0. The number of hydrogen-bond donors (Lipinski definition) is 1. The molecule has 1 aromatic heterocycles. The second-order valence-corrected chi connectivity index (χ2v) is 5.05. The molecule has 0 saturated carbocycles. The standard InChI is InChI=1S/C14H16FN3O2/c15-11-4-1-3-10(7-11)14-16-13(20-17-14)9-18-6-2-5-12(19)8-18/h1,3-4,7,12,19H,2,5-6,8-9H2. The molecule has 1 aliphatic rings. The van der Waals surface area contributed by atoms with Gasteiger partial charge in [0.05, 0.1) is 12.6 Å². The van der Waals surface area contributed by atoms with Gasteiger partial charge in [0, 0.05) is 12.1 Å². The third-order valence-corrected chi connectivity index (χ3v) is 3.39. The SMILES string of the molecule is OC1CCCN(Cc2nc(-c3cccc(F)c3)no2)C1. The van der Waals surface area contributed by atoms with E-state index in [2.05, 4.69) is 15.0 Å². The van der Waals surface area contributed by atoms with Crippen molar-refractivity contribution in [2.45, 2.75) is 25.5 Å². The summed E-state index contributed by atoms with van der Waals surface area (Å²) in [6.07, 6.45) is 1.52. The zero-order chi connectivity index (χ0) is 13.9. The van der Waals surface area contributed by atoms with Gasteiger partial charge in [-0.25, -0.2) is 4.39 Å². The molecule has 2 heterocycles. The summed E-state index contributed by atoms with van der Waals surface area (Å²) in [5, 5.41) is 13.5. The van der Waals surface area contributed by atoms with Crippen LogP contribution in [0.25, 0.3) is 11.4 Å². The lowest BCUT2D eigenvalue weighted by Gasteiger charge is -2.28. The van der Waals surface area contributed by atoms with Gasteiger partial charge in [-0.2, -0.15) is 4.98 Å². The van der Waals surface area contributed by atoms with Crippen molar-refractivity contribution in [2.24, 2.45) is 0 Å². The predicted octanol–water partition coefficient (Wildman–Crippen LogP) is 1.83. The van der Waals surface area contributed by atoms with Crippen LogP contribution in [0.2, 0.25) is 0 Å². The second kappa shape index (κ2) is 5.68. The van der Waals surface area contributed by atoms with Gasteiger partial charge in [-0.15, -0.1) is 0 Å². The Morgan fingerprint density at radius 3 is 3.15 bits per heavy atom. The molecule has 0 radical (unpaired) electrons. The molecule has 0 bridgehead atoms. The molecule has 1 saturated heterocycles. The van der Waals surface area contributed by atoms with Crippen molar-refractivity contribution in [3.8, 4) is 11.4 Å². The van der Waals surface area contributed by atoms with Crippen molar-refractivity contribution in [1.82, 2.24) is 15.0 Å². The zero-order valence-electron chi connectivity index (χ0n) is 11.0. The Balaban J connectivity index is 1.70. The Morgan fingerprint density at radius 2 is 2.35 bits per heavy atom. The number of aromatic nitrogens is 2. The Hall–Kier alpha value is -1.79. The van der Waals surface area contributed by atoms with Gasteiger partial charge in [-0.05, 0) is 31.5 Å². The molecule has 20 heavy (non-hydrogen) atoms. The number of rotatable bonds is 3. The minimum atomic E-state index is -0.326. The second-order valence-electron chi connectivity index (χ2n) is 5.05. The third-order valence-electron chi connectivity index (χ3n) is 3.39. The number of nitrogens with zero attached hydrogens (tertiary/aromatic N) is 3. The van der Waals surface area contributed by atoms with E-state index in [1.807, 2.05) is 0 Å². The first kappa shape index (κ1) is 13.2. The summed E-state index contributed by atoms with van der Waals surface area (Å²) in [5.74, 6) is 0.545. The molecule has 1 unspecified atom stereocenters. The normalized spacial score (nSPS) is 20.2. The van der Waals surface area contributed by atoms with Gasteiger partial charge in [-0.3, -0.25) is 4.90 Å². The lowest BCUT2D eigenvalue weighted by atomic mass is 10.1. The van der Waals surface area contributed by atoms with Gasteiger partial charge < -0.3 is 9.63 Å². The highest BCUT2D eigenvalue weighted by molar-refractivity contribution is 5.53. The van der Waals surface area contributed by atoms with Gasteiger partial charge in [0.15, 0.2) is 0 Å². The number of benzene rings is 1. The van der Waals surface area contributed by atoms with Crippen molar-refractivity contribution in [3.63, 3.8) is 0 Å². The highest BCUT2D eigenvalue weighted by Crippen LogP contribution is 2.18. The van der Waals surface area contributed by atoms with Gasteiger partial charge in [-0.1, -0.05) is 17.3 Å². The minimum Gasteiger partial charge on any atom is -0.392 e. The summed E-state index contributed by atoms with van der Waals surface area (Å²) < 4.78 is 18.3. The first-order valence-corrected chi connectivity index (χ1v) is 6.69. The number of hydrogen-bond acceptors (Lipinski definition) is 5. The van der Waals surface area contributed by atoms with E-state index >= 15 is 0 Å². The lowest BCUT2D eigenvalue weighted by Crippen LogP contribution is -2.37. The largest absolute Gasteiger partial charge is 0.392 e. The maximum Gasteiger partial charge on any atom is 0.241 e. The molecule has 1 fully saturated rings. The smallest absolute Gasteiger partial charge is 0.241 e. The van der Waals surface area contributed by atoms with E-state index in [1.165, 1.54) is 12.1 Å². The Morgan fingerprint density at radius 1 is 1.45 bits per heavy atom. The topological polar surface area (TPSA) is 62.4 Å². The minimum absolute atomic E-state index is 0.283. The molecule has 5 nitrogen and oxygen atoms in total. The Labute approximate surface area is 116 Å². The van der Waals surface area contributed by atoms with Crippen LogP contribution in [0.3, 0.4) is 0 Å². The molecule has 1 N–H and O–H groups in total. The first-order chi connectivity index (χ1) is 9.70. The van der Waals surface area contributed by atoms with Crippen LogP contribution in [0, 0.1) is 5.82 Å². The molecule has 1 aliphatic heterocycles. The average Bonchev–Trinajstić information content (AvgIpc) is 2.87. The summed E-state index contributed by atoms with van der Waals surface area (Å²) in [4.78, 5) is 6.35. The van der Waals surface area contributed by atoms with Gasteiger partial charge in [0.25, 0.3) is 0 Å². The van der Waals surface area contributed by atoms with E-state index in [4.69, 9.17) is 4.52 Å². The molecule has 106 valence electrons. The fourth-order valence-corrected chi connectivity index (χ4v) is 2.43. The van der Waals surface area contributed by atoms with Crippen LogP contribution >= 0.6 is 0 Å². The van der Waals surface area contributed by atoms with Gasteiger partial charge in [0.1, 0.15) is 5.82 Å². The number of aliphatic hydroxyl groups excluding tert-OH is 1. The zero-order valence-corrected chi connectivity index (χ0v) is 11.0. The van der Waals surface area contributed by atoms with E-state index in [0.29, 0.717) is 30.4 Å². The summed E-state index contributed by atoms with van der Waals surface area (Å²) in [6.45, 7) is 2.05. The maximum absolute atomic E-state index is 13.2. The van der Waals surface area contributed by atoms with E-state index in [9.17, 15) is 9.50 Å². The van der Waals surface area contributed by atoms with Crippen LogP contribution in [0.5, 0.6) is 0 Å². The number of aliphatic hydroxyl groups is 1. The number of piperidine rings is 1. The van der Waals surface area contributed by atoms with Crippen molar-refractivity contribution >= 4 is 0 Å². The first-order valence-electron chi connectivity index (χ1n) is 6.69. The number of likely N-dealkylation sites (tertiary alicyclic amines) is 1. The van der Waals surface area contributed by atoms with Crippen LogP contribution in [0.4, 0.5) is 4.39 Å². The summed E-state index contributed by atoms with van der Waals surface area (Å²) in [6, 6.07) is 6.10. The summed E-state index contributed by atoms with van der Waals surface area (Å²) in [5.41, 5.74) is 0.596. The van der Waals surface area contributed by atoms with Crippen molar-refractivity contribution in [3.05, 3.63) is 36.0 Å². The average molecular weight is 277 g/mol. The fourth-order valence-electron chi connectivity index (χ4n) is 2.43. The van der Waals surface area contributed by atoms with E-state index in [-0.39, 0.29) is 11.9 Å². The van der Waals surface area contributed by atoms with Crippen molar-refractivity contribution < 1.29 is 14.0 Å². The van der Waals surface area contributed by atoms with Gasteiger partial charge in [0.2, 0.25) is 11.7 Å². The third kappa shape index (κ3) is 3.02. The quantitative estimate of drug-likeness (QED) is 0.927. The molecule has 3 rings (SSSR count). The maximum atomic E-state index is 13.2. The van der Waals surface area contributed by atoms with E-state index in [1.54, 1.807) is 12.1 Å². The lowest BCUT2D eigenvalue weighted by molar-refractivity contribution is 0.0613. The van der Waals surface area contributed by atoms with Crippen LogP contribution < -0.4 is 0 Å². The highest BCUT2D eigenvalue weighted by atomic mass is 19.1. The van der Waals surface area contributed by atoms with Crippen molar-refractivity contribution in [2.75, 3.05) is 13.1 Å². The highest BCUT2D eigenvalue weighted by Gasteiger charge is 2.20. The molecular weight excluding hydrogens is 261 g/mol. The Kier molecular flexibility index (Phi) is 3.75. The summed E-state index contributed by atoms with van der Waals surface area (Å²) in [7, 11) is 0. The molecular formula is C14H16FN3O2. The molecule has 0 aliphatic carbocycles. The van der Waals surface area contributed by atoms with Crippen LogP contribution in [0.15, 0.2) is 28.8 Å². The van der Waals surface area contributed by atoms with Crippen LogP contribution in [-0.4, -0.2) is 39.3 Å². The molecule has 1 aromatic carbocycles. The predicted molar refractivity (Wildman–Crippen MR) is 70.2 cm³/mol. The molecule has 0 spiro atoms. The Bertz CT molecular complexity index is 587.